The lowest BCUT2D eigenvalue weighted by atomic mass is 9.69. The molecule has 0 nitrogen and oxygen atoms in total. The van der Waals surface area contributed by atoms with E-state index in [4.69, 9.17) is 0 Å². The Hall–Kier alpha value is -1.22. The standard InChI is InChI=1S/C28H42/c1-3-5-6-8-24-9-11-25(12-10-24)13-14-26-17-21-28(22-18-26)27-19-15-23(7-4-2)16-20-27/h9-12,23,26-28H,3-8,15-22H2,1-2H3. The number of aryl methyl sites for hydroxylation is 1. The van der Waals surface area contributed by atoms with Crippen LogP contribution in [-0.4, -0.2) is 0 Å². The maximum Gasteiger partial charge on any atom is 0.0245 e. The van der Waals surface area contributed by atoms with Gasteiger partial charge < -0.3 is 0 Å². The number of benzene rings is 1. The molecule has 28 heavy (non-hydrogen) atoms. The van der Waals surface area contributed by atoms with Gasteiger partial charge in [-0.05, 0) is 86.8 Å². The third kappa shape index (κ3) is 6.69. The Bertz CT molecular complexity index is 598. The second kappa shape index (κ2) is 11.7. The monoisotopic (exact) mass is 378 g/mol. The van der Waals surface area contributed by atoms with Crippen LogP contribution in [0.3, 0.4) is 0 Å². The Morgan fingerprint density at radius 1 is 0.750 bits per heavy atom. The van der Waals surface area contributed by atoms with Crippen molar-refractivity contribution in [3.05, 3.63) is 35.4 Å². The maximum atomic E-state index is 3.61. The molecule has 0 radical (unpaired) electrons. The fraction of sp³-hybridized carbons (Fsp3) is 0.714. The summed E-state index contributed by atoms with van der Waals surface area (Å²) in [6, 6.07) is 9.03. The first-order valence-corrected chi connectivity index (χ1v) is 12.4. The molecular weight excluding hydrogens is 336 g/mol. The average molecular weight is 379 g/mol. The summed E-state index contributed by atoms with van der Waals surface area (Å²) in [6.07, 6.45) is 19.6. The van der Waals surface area contributed by atoms with Gasteiger partial charge in [0, 0.05) is 11.5 Å². The summed E-state index contributed by atoms with van der Waals surface area (Å²) >= 11 is 0. The molecule has 1 aromatic carbocycles. The topological polar surface area (TPSA) is 0 Å². The number of unbranched alkanes of at least 4 members (excludes halogenated alkanes) is 2. The average Bonchev–Trinajstić information content (AvgIpc) is 2.75. The third-order valence-corrected chi connectivity index (χ3v) is 7.47. The molecule has 0 spiro atoms. The summed E-state index contributed by atoms with van der Waals surface area (Å²) in [5, 5.41) is 0. The molecule has 0 heteroatoms. The molecule has 2 saturated carbocycles. The van der Waals surface area contributed by atoms with E-state index in [-0.39, 0.29) is 0 Å². The van der Waals surface area contributed by atoms with E-state index in [0.29, 0.717) is 5.92 Å². The Kier molecular flexibility index (Phi) is 8.98. The van der Waals surface area contributed by atoms with Crippen molar-refractivity contribution >= 4 is 0 Å². The van der Waals surface area contributed by atoms with Crippen molar-refractivity contribution in [3.8, 4) is 11.8 Å². The van der Waals surface area contributed by atoms with Gasteiger partial charge in [0.25, 0.3) is 0 Å². The van der Waals surface area contributed by atoms with E-state index in [1.54, 1.807) is 0 Å². The van der Waals surface area contributed by atoms with Gasteiger partial charge in [-0.25, -0.2) is 0 Å². The lowest BCUT2D eigenvalue weighted by Crippen LogP contribution is -2.25. The van der Waals surface area contributed by atoms with Gasteiger partial charge in [0.1, 0.15) is 0 Å². The minimum Gasteiger partial charge on any atom is -0.0945 e. The zero-order valence-electron chi connectivity index (χ0n) is 18.5. The molecule has 0 aromatic heterocycles. The van der Waals surface area contributed by atoms with Crippen molar-refractivity contribution in [1.29, 1.82) is 0 Å². The summed E-state index contributed by atoms with van der Waals surface area (Å²) < 4.78 is 0. The molecule has 154 valence electrons. The van der Waals surface area contributed by atoms with Crippen LogP contribution in [0.1, 0.15) is 108 Å². The van der Waals surface area contributed by atoms with E-state index >= 15 is 0 Å². The summed E-state index contributed by atoms with van der Waals surface area (Å²) in [5.74, 6) is 10.8. The van der Waals surface area contributed by atoms with Crippen LogP contribution in [0.25, 0.3) is 0 Å². The van der Waals surface area contributed by atoms with Crippen molar-refractivity contribution < 1.29 is 0 Å². The Morgan fingerprint density at radius 2 is 1.39 bits per heavy atom. The number of rotatable bonds is 7. The molecule has 1 aromatic rings. The van der Waals surface area contributed by atoms with Crippen molar-refractivity contribution in [1.82, 2.24) is 0 Å². The largest absolute Gasteiger partial charge is 0.0945 e. The van der Waals surface area contributed by atoms with Crippen molar-refractivity contribution in [2.45, 2.75) is 104 Å². The van der Waals surface area contributed by atoms with Crippen LogP contribution in [0.5, 0.6) is 0 Å². The maximum absolute atomic E-state index is 3.61. The molecular formula is C28H42. The number of hydrogen-bond acceptors (Lipinski definition) is 0. The van der Waals surface area contributed by atoms with E-state index in [1.165, 1.54) is 101 Å². The van der Waals surface area contributed by atoms with Crippen LogP contribution in [0, 0.1) is 35.5 Å². The van der Waals surface area contributed by atoms with Gasteiger partial charge in [-0.1, -0.05) is 76.3 Å². The van der Waals surface area contributed by atoms with Crippen LogP contribution in [-0.2, 0) is 6.42 Å². The highest BCUT2D eigenvalue weighted by Crippen LogP contribution is 2.42. The second-order valence-corrected chi connectivity index (χ2v) is 9.60. The molecule has 0 aliphatic heterocycles. The van der Waals surface area contributed by atoms with Gasteiger partial charge in [-0.2, -0.15) is 0 Å². The van der Waals surface area contributed by atoms with Gasteiger partial charge >= 0.3 is 0 Å². The molecule has 0 bridgehead atoms. The molecule has 0 unspecified atom stereocenters. The lowest BCUT2D eigenvalue weighted by molar-refractivity contribution is 0.154. The van der Waals surface area contributed by atoms with Gasteiger partial charge in [-0.3, -0.25) is 0 Å². The molecule has 2 aliphatic carbocycles. The summed E-state index contributed by atoms with van der Waals surface area (Å²) in [4.78, 5) is 0. The molecule has 0 heterocycles. The first kappa shape index (κ1) is 21.5. The summed E-state index contributed by atoms with van der Waals surface area (Å²) in [5.41, 5.74) is 2.67. The fourth-order valence-corrected chi connectivity index (χ4v) is 5.61. The van der Waals surface area contributed by atoms with Crippen molar-refractivity contribution in [2.75, 3.05) is 0 Å². The third-order valence-electron chi connectivity index (χ3n) is 7.47. The summed E-state index contributed by atoms with van der Waals surface area (Å²) in [6.45, 7) is 4.61. The second-order valence-electron chi connectivity index (χ2n) is 9.60. The highest BCUT2D eigenvalue weighted by molar-refractivity contribution is 5.36. The minimum absolute atomic E-state index is 0.636. The van der Waals surface area contributed by atoms with Crippen molar-refractivity contribution in [2.24, 2.45) is 23.7 Å². The lowest BCUT2D eigenvalue weighted by Gasteiger charge is -2.37. The smallest absolute Gasteiger partial charge is 0.0245 e. The predicted octanol–water partition coefficient (Wildman–Crippen LogP) is 8.18. The molecule has 3 rings (SSSR count). The molecule has 2 aliphatic rings. The van der Waals surface area contributed by atoms with E-state index < -0.39 is 0 Å². The van der Waals surface area contributed by atoms with E-state index in [2.05, 4.69) is 50.0 Å². The van der Waals surface area contributed by atoms with Gasteiger partial charge in [0.2, 0.25) is 0 Å². The van der Waals surface area contributed by atoms with Crippen LogP contribution >= 0.6 is 0 Å². The minimum atomic E-state index is 0.636. The molecule has 0 atom stereocenters. The van der Waals surface area contributed by atoms with Crippen molar-refractivity contribution in [3.63, 3.8) is 0 Å². The predicted molar refractivity (Wildman–Crippen MR) is 122 cm³/mol. The highest BCUT2D eigenvalue weighted by Gasteiger charge is 2.30. The molecule has 2 fully saturated rings. The van der Waals surface area contributed by atoms with E-state index in [9.17, 15) is 0 Å². The SMILES string of the molecule is CCCCCc1ccc(C#CC2CCC(C3CCC(CCC)CC3)CC2)cc1. The van der Waals surface area contributed by atoms with Crippen LogP contribution in [0.15, 0.2) is 24.3 Å². The first-order valence-electron chi connectivity index (χ1n) is 12.4. The summed E-state index contributed by atoms with van der Waals surface area (Å²) in [7, 11) is 0. The van der Waals surface area contributed by atoms with Crippen LogP contribution < -0.4 is 0 Å². The van der Waals surface area contributed by atoms with E-state index in [0.717, 1.165) is 17.8 Å². The quantitative estimate of drug-likeness (QED) is 0.331. The van der Waals surface area contributed by atoms with Crippen LogP contribution in [0.4, 0.5) is 0 Å². The van der Waals surface area contributed by atoms with Crippen LogP contribution in [0.2, 0.25) is 0 Å². The number of hydrogen-bond donors (Lipinski definition) is 0. The molecule has 0 saturated heterocycles. The molecule has 0 N–H and O–H groups in total. The fourth-order valence-electron chi connectivity index (χ4n) is 5.61. The zero-order chi connectivity index (χ0) is 19.6. The first-order chi connectivity index (χ1) is 13.8. The van der Waals surface area contributed by atoms with Gasteiger partial charge in [0.05, 0.1) is 0 Å². The Morgan fingerprint density at radius 3 is 2.00 bits per heavy atom. The van der Waals surface area contributed by atoms with Gasteiger partial charge in [-0.15, -0.1) is 0 Å². The molecule has 0 amide bonds. The normalized spacial score (nSPS) is 27.8. The van der Waals surface area contributed by atoms with E-state index in [1.807, 2.05) is 0 Å². The van der Waals surface area contributed by atoms with Gasteiger partial charge in [0.15, 0.2) is 0 Å². The Labute approximate surface area is 174 Å². The zero-order valence-corrected chi connectivity index (χ0v) is 18.5. The Balaban J connectivity index is 1.40. The highest BCUT2D eigenvalue weighted by atomic mass is 14.3.